The highest BCUT2D eigenvalue weighted by Gasteiger charge is 2.46. The van der Waals surface area contributed by atoms with E-state index in [9.17, 15) is 14.7 Å². The molecule has 3 aromatic rings. The fraction of sp³-hybridized carbons (Fsp3) is 0.154. The third kappa shape index (κ3) is 3.94. The first-order valence-corrected chi connectivity index (χ1v) is 10.1. The number of aliphatic hydroxyl groups excluding tert-OH is 1. The molecule has 3 aromatic carbocycles. The maximum atomic E-state index is 13.1. The van der Waals surface area contributed by atoms with Crippen molar-refractivity contribution in [3.63, 3.8) is 0 Å². The van der Waals surface area contributed by atoms with Crippen LogP contribution in [0.1, 0.15) is 22.7 Å². The molecule has 0 bridgehead atoms. The maximum absolute atomic E-state index is 13.1. The van der Waals surface area contributed by atoms with Gasteiger partial charge in [0.05, 0.1) is 11.6 Å². The summed E-state index contributed by atoms with van der Waals surface area (Å²) in [6, 6.07) is 25.4. The van der Waals surface area contributed by atoms with Crippen LogP contribution >= 0.6 is 0 Å². The molecule has 0 spiro atoms. The van der Waals surface area contributed by atoms with Crippen molar-refractivity contribution >= 4 is 23.1 Å². The molecule has 5 nitrogen and oxygen atoms in total. The summed E-state index contributed by atoms with van der Waals surface area (Å²) in [7, 11) is 3.90. The molecule has 1 saturated heterocycles. The molecule has 1 aliphatic heterocycles. The predicted molar refractivity (Wildman–Crippen MR) is 121 cm³/mol. The standard InChI is InChI=1S/C26H24N2O3/c1-27(2)21-15-13-19(14-16-21)23-22(24(29)20-11-7-4-8-12-20)25(30)26(31)28(23)17-18-9-5-3-6-10-18/h3-16,23,29H,17H2,1-2H3/b24-22+. The Morgan fingerprint density at radius 1 is 0.871 bits per heavy atom. The van der Waals surface area contributed by atoms with Crippen molar-refractivity contribution < 1.29 is 14.7 Å². The molecule has 1 aliphatic rings. The van der Waals surface area contributed by atoms with Crippen LogP contribution in [0.15, 0.2) is 90.5 Å². The van der Waals surface area contributed by atoms with Crippen LogP contribution in [0.3, 0.4) is 0 Å². The van der Waals surface area contributed by atoms with E-state index in [1.54, 1.807) is 24.3 Å². The van der Waals surface area contributed by atoms with Gasteiger partial charge in [-0.05, 0) is 23.3 Å². The van der Waals surface area contributed by atoms with Crippen LogP contribution in [0, 0.1) is 0 Å². The number of aliphatic hydroxyl groups is 1. The molecule has 1 fully saturated rings. The molecule has 1 atom stereocenters. The highest BCUT2D eigenvalue weighted by molar-refractivity contribution is 6.46. The summed E-state index contributed by atoms with van der Waals surface area (Å²) >= 11 is 0. The van der Waals surface area contributed by atoms with Gasteiger partial charge < -0.3 is 14.9 Å². The van der Waals surface area contributed by atoms with Gasteiger partial charge >= 0.3 is 0 Å². The molecule has 0 aromatic heterocycles. The number of hydrogen-bond acceptors (Lipinski definition) is 4. The summed E-state index contributed by atoms with van der Waals surface area (Å²) in [6.07, 6.45) is 0. The fourth-order valence-electron chi connectivity index (χ4n) is 3.88. The average Bonchev–Trinajstić information content (AvgIpc) is 3.05. The van der Waals surface area contributed by atoms with Crippen LogP contribution in [0.5, 0.6) is 0 Å². The molecule has 156 valence electrons. The zero-order chi connectivity index (χ0) is 22.0. The lowest BCUT2D eigenvalue weighted by atomic mass is 9.95. The first-order valence-electron chi connectivity index (χ1n) is 10.1. The molecular formula is C26H24N2O3. The molecular weight excluding hydrogens is 388 g/mol. The molecule has 0 saturated carbocycles. The quantitative estimate of drug-likeness (QED) is 0.384. The highest BCUT2D eigenvalue weighted by Crippen LogP contribution is 2.40. The topological polar surface area (TPSA) is 60.9 Å². The van der Waals surface area contributed by atoms with Crippen LogP contribution in [0.25, 0.3) is 5.76 Å². The number of ketones is 1. The predicted octanol–water partition coefficient (Wildman–Crippen LogP) is 4.37. The summed E-state index contributed by atoms with van der Waals surface area (Å²) in [5.41, 5.74) is 3.32. The van der Waals surface area contributed by atoms with Gasteiger partial charge in [-0.25, -0.2) is 0 Å². The zero-order valence-corrected chi connectivity index (χ0v) is 17.5. The van der Waals surface area contributed by atoms with Gasteiger partial charge in [-0.15, -0.1) is 0 Å². The number of anilines is 1. The van der Waals surface area contributed by atoms with Crippen LogP contribution in [-0.2, 0) is 16.1 Å². The number of carbonyl (C=O) groups excluding carboxylic acids is 2. The minimum atomic E-state index is -0.670. The van der Waals surface area contributed by atoms with Gasteiger partial charge in [-0.2, -0.15) is 0 Å². The number of nitrogens with zero attached hydrogens (tertiary/aromatic N) is 2. The van der Waals surface area contributed by atoms with Gasteiger partial charge in [-0.3, -0.25) is 9.59 Å². The van der Waals surface area contributed by atoms with Crippen molar-refractivity contribution in [2.24, 2.45) is 0 Å². The van der Waals surface area contributed by atoms with Gasteiger partial charge in [0.15, 0.2) is 0 Å². The molecule has 0 radical (unpaired) electrons. The Bertz CT molecular complexity index is 1120. The largest absolute Gasteiger partial charge is 0.507 e. The Kier molecular flexibility index (Phi) is 5.58. The number of Topliss-reactive ketones (excluding diaryl/α,β-unsaturated/α-hetero) is 1. The van der Waals surface area contributed by atoms with Crippen molar-refractivity contribution in [3.05, 3.63) is 107 Å². The van der Waals surface area contributed by atoms with Gasteiger partial charge in [-0.1, -0.05) is 72.8 Å². The summed E-state index contributed by atoms with van der Waals surface area (Å²) < 4.78 is 0. The van der Waals surface area contributed by atoms with Crippen molar-refractivity contribution in [2.45, 2.75) is 12.6 Å². The molecule has 1 heterocycles. The smallest absolute Gasteiger partial charge is 0.295 e. The van der Waals surface area contributed by atoms with Crippen molar-refractivity contribution in [3.8, 4) is 0 Å². The Morgan fingerprint density at radius 2 is 1.45 bits per heavy atom. The Labute approximate surface area is 181 Å². The highest BCUT2D eigenvalue weighted by atomic mass is 16.3. The summed E-state index contributed by atoms with van der Waals surface area (Å²) in [6.45, 7) is 0.275. The van der Waals surface area contributed by atoms with Crippen molar-refractivity contribution in [1.29, 1.82) is 0 Å². The minimum Gasteiger partial charge on any atom is -0.507 e. The maximum Gasteiger partial charge on any atom is 0.295 e. The van der Waals surface area contributed by atoms with Gasteiger partial charge in [0.2, 0.25) is 0 Å². The molecule has 1 amide bonds. The van der Waals surface area contributed by atoms with Crippen molar-refractivity contribution in [2.75, 3.05) is 19.0 Å². The minimum absolute atomic E-state index is 0.115. The van der Waals surface area contributed by atoms with Gasteiger partial charge in [0.1, 0.15) is 5.76 Å². The first kappa shape index (κ1) is 20.4. The van der Waals surface area contributed by atoms with E-state index in [-0.39, 0.29) is 17.9 Å². The van der Waals surface area contributed by atoms with E-state index in [4.69, 9.17) is 0 Å². The lowest BCUT2D eigenvalue weighted by molar-refractivity contribution is -0.140. The fourth-order valence-corrected chi connectivity index (χ4v) is 3.88. The average molecular weight is 412 g/mol. The Hall–Kier alpha value is -3.86. The number of benzene rings is 3. The first-order chi connectivity index (χ1) is 15.0. The lowest BCUT2D eigenvalue weighted by Gasteiger charge is -2.26. The zero-order valence-electron chi connectivity index (χ0n) is 17.5. The number of rotatable bonds is 5. The normalized spacial score (nSPS) is 17.7. The second-order valence-electron chi connectivity index (χ2n) is 7.76. The van der Waals surface area contributed by atoms with E-state index >= 15 is 0 Å². The summed E-state index contributed by atoms with van der Waals surface area (Å²) in [4.78, 5) is 29.6. The van der Waals surface area contributed by atoms with E-state index < -0.39 is 17.7 Å². The number of amides is 1. The van der Waals surface area contributed by atoms with Gasteiger partial charge in [0, 0.05) is 31.9 Å². The number of carbonyl (C=O) groups is 2. The van der Waals surface area contributed by atoms with Crippen LogP contribution in [0.2, 0.25) is 0 Å². The van der Waals surface area contributed by atoms with Crippen molar-refractivity contribution in [1.82, 2.24) is 4.90 Å². The second kappa shape index (κ2) is 8.48. The number of hydrogen-bond donors (Lipinski definition) is 1. The molecule has 5 heteroatoms. The monoisotopic (exact) mass is 412 g/mol. The molecule has 0 aliphatic carbocycles. The Balaban J connectivity index is 1.84. The molecule has 31 heavy (non-hydrogen) atoms. The lowest BCUT2D eigenvalue weighted by Crippen LogP contribution is -2.29. The summed E-state index contributed by atoms with van der Waals surface area (Å²) in [5, 5.41) is 11.0. The Morgan fingerprint density at radius 3 is 2.03 bits per heavy atom. The second-order valence-corrected chi connectivity index (χ2v) is 7.76. The SMILES string of the molecule is CN(C)c1ccc(C2/C(=C(\O)c3ccccc3)C(=O)C(=O)N2Cc2ccccc2)cc1. The van der Waals surface area contributed by atoms with E-state index in [2.05, 4.69) is 0 Å². The summed E-state index contributed by atoms with van der Waals surface area (Å²) in [5.74, 6) is -1.43. The van der Waals surface area contributed by atoms with E-state index in [0.717, 1.165) is 16.8 Å². The third-order valence-electron chi connectivity index (χ3n) is 5.51. The third-order valence-corrected chi connectivity index (χ3v) is 5.51. The van der Waals surface area contributed by atoms with E-state index in [1.807, 2.05) is 79.7 Å². The molecule has 1 unspecified atom stereocenters. The van der Waals surface area contributed by atoms with Crippen LogP contribution < -0.4 is 4.90 Å². The number of likely N-dealkylation sites (tertiary alicyclic amines) is 1. The van der Waals surface area contributed by atoms with E-state index in [1.165, 1.54) is 4.90 Å². The van der Waals surface area contributed by atoms with Crippen LogP contribution in [0.4, 0.5) is 5.69 Å². The molecule has 1 N–H and O–H groups in total. The van der Waals surface area contributed by atoms with Gasteiger partial charge in [0.25, 0.3) is 11.7 Å². The molecule has 4 rings (SSSR count). The van der Waals surface area contributed by atoms with E-state index in [0.29, 0.717) is 5.56 Å². The van der Waals surface area contributed by atoms with Crippen LogP contribution in [-0.4, -0.2) is 35.8 Å².